The highest BCUT2D eigenvalue weighted by Crippen LogP contribution is 2.05. The quantitative estimate of drug-likeness (QED) is 0.342. The average molecular weight is 401 g/mol. The van der Waals surface area contributed by atoms with Gasteiger partial charge in [0, 0.05) is 25.6 Å². The van der Waals surface area contributed by atoms with Gasteiger partial charge in [0.1, 0.15) is 0 Å². The summed E-state index contributed by atoms with van der Waals surface area (Å²) < 4.78 is 13.9. The smallest absolute Gasteiger partial charge is 0.414 e. The zero-order valence-electron chi connectivity index (χ0n) is 17.2. The third kappa shape index (κ3) is 16.3. The van der Waals surface area contributed by atoms with Crippen LogP contribution in [0.15, 0.2) is 18.7 Å². The van der Waals surface area contributed by atoms with E-state index in [1.807, 2.05) is 18.7 Å². The molecule has 0 radical (unpaired) electrons. The largest absolute Gasteiger partial charge is 0.473 e. The number of unbranched alkanes of at least 4 members (excludes halogenated alkanes) is 6. The van der Waals surface area contributed by atoms with E-state index in [0.29, 0.717) is 6.61 Å². The number of rotatable bonds is 15. The van der Waals surface area contributed by atoms with Crippen molar-refractivity contribution >= 4 is 11.9 Å². The first-order valence-corrected chi connectivity index (χ1v) is 10.1. The molecule has 1 heterocycles. The highest BCUT2D eigenvalue weighted by molar-refractivity contribution is 6.27. The number of aliphatic carboxylic acids is 2. The van der Waals surface area contributed by atoms with E-state index in [1.165, 1.54) is 38.5 Å². The molecule has 0 aliphatic heterocycles. The van der Waals surface area contributed by atoms with Gasteiger partial charge in [0.2, 0.25) is 0 Å². The monoisotopic (exact) mass is 400 g/mol. The van der Waals surface area contributed by atoms with Crippen LogP contribution in [0.2, 0.25) is 0 Å². The van der Waals surface area contributed by atoms with Crippen molar-refractivity contribution in [1.82, 2.24) is 9.55 Å². The normalized spacial score (nSPS) is 11.5. The van der Waals surface area contributed by atoms with Crippen LogP contribution in [-0.2, 0) is 25.6 Å². The molecule has 8 nitrogen and oxygen atoms in total. The van der Waals surface area contributed by atoms with E-state index in [0.717, 1.165) is 32.6 Å². The molecule has 0 bridgehead atoms. The van der Waals surface area contributed by atoms with E-state index in [9.17, 15) is 0 Å². The second kappa shape index (κ2) is 18.4. The Bertz CT molecular complexity index is 481. The molecule has 28 heavy (non-hydrogen) atoms. The van der Waals surface area contributed by atoms with Gasteiger partial charge in [-0.25, -0.2) is 14.6 Å². The summed E-state index contributed by atoms with van der Waals surface area (Å²) in [6, 6.07) is 0. The molecule has 1 rings (SSSR count). The molecule has 2 N–H and O–H groups in total. The minimum atomic E-state index is -1.82. The molecule has 0 spiro atoms. The van der Waals surface area contributed by atoms with E-state index in [2.05, 4.69) is 23.4 Å². The summed E-state index contributed by atoms with van der Waals surface area (Å²) in [4.78, 5) is 22.3. The van der Waals surface area contributed by atoms with Gasteiger partial charge in [0.05, 0.1) is 25.6 Å². The zero-order chi connectivity index (χ0) is 21.0. The second-order valence-electron chi connectivity index (χ2n) is 6.56. The van der Waals surface area contributed by atoms with Crippen molar-refractivity contribution in [3.63, 3.8) is 0 Å². The number of hydrogen-bond donors (Lipinski definition) is 2. The Hall–Kier alpha value is -1.93. The minimum Gasteiger partial charge on any atom is -0.473 e. The minimum absolute atomic E-state index is 0.127. The molecule has 0 fully saturated rings. The number of aromatic nitrogens is 2. The van der Waals surface area contributed by atoms with Gasteiger partial charge in [-0.15, -0.1) is 0 Å². The number of carbonyl (C=O) groups is 2. The molecule has 0 amide bonds. The fourth-order valence-electron chi connectivity index (χ4n) is 2.41. The van der Waals surface area contributed by atoms with Crippen molar-refractivity contribution in [2.45, 2.75) is 77.9 Å². The molecule has 1 aromatic heterocycles. The van der Waals surface area contributed by atoms with E-state index in [-0.39, 0.29) is 6.10 Å². The Kier molecular flexibility index (Phi) is 17.2. The lowest BCUT2D eigenvalue weighted by Crippen LogP contribution is -2.26. The number of ether oxygens (including phenoxy) is 2. The van der Waals surface area contributed by atoms with Gasteiger partial charge in [0.15, 0.2) is 0 Å². The average Bonchev–Trinajstić information content (AvgIpc) is 3.17. The van der Waals surface area contributed by atoms with Crippen LogP contribution >= 0.6 is 0 Å². The van der Waals surface area contributed by atoms with Gasteiger partial charge in [-0.05, 0) is 12.8 Å². The Morgan fingerprint density at radius 1 is 0.964 bits per heavy atom. The molecule has 0 aliphatic rings. The molecule has 1 aromatic rings. The Labute approximate surface area is 167 Å². The second-order valence-corrected chi connectivity index (χ2v) is 6.56. The topological polar surface area (TPSA) is 111 Å². The number of carboxylic acids is 2. The highest BCUT2D eigenvalue weighted by atomic mass is 16.5. The predicted molar refractivity (Wildman–Crippen MR) is 106 cm³/mol. The van der Waals surface area contributed by atoms with E-state index in [4.69, 9.17) is 29.3 Å². The Balaban J connectivity index is 0.00000105. The van der Waals surface area contributed by atoms with Crippen molar-refractivity contribution in [3.05, 3.63) is 18.7 Å². The van der Waals surface area contributed by atoms with Crippen LogP contribution in [0.25, 0.3) is 0 Å². The van der Waals surface area contributed by atoms with Crippen molar-refractivity contribution in [1.29, 1.82) is 0 Å². The third-order valence-electron chi connectivity index (χ3n) is 3.95. The van der Waals surface area contributed by atoms with Gasteiger partial charge in [0.25, 0.3) is 0 Å². The fraction of sp³-hybridized carbons (Fsp3) is 0.750. The maximum atomic E-state index is 9.10. The predicted octanol–water partition coefficient (Wildman–Crippen LogP) is 3.60. The van der Waals surface area contributed by atoms with Crippen LogP contribution in [0, 0.1) is 0 Å². The lowest BCUT2D eigenvalue weighted by molar-refractivity contribution is -0.159. The summed E-state index contributed by atoms with van der Waals surface area (Å²) >= 11 is 0. The summed E-state index contributed by atoms with van der Waals surface area (Å²) in [7, 11) is 0. The molecule has 0 saturated carbocycles. The van der Waals surface area contributed by atoms with Crippen LogP contribution in [0.4, 0.5) is 0 Å². The van der Waals surface area contributed by atoms with Gasteiger partial charge in [-0.3, -0.25) is 0 Å². The fourth-order valence-corrected chi connectivity index (χ4v) is 2.41. The van der Waals surface area contributed by atoms with E-state index < -0.39 is 11.9 Å². The number of carboxylic acid groups (broad SMARTS) is 2. The first kappa shape index (κ1) is 26.1. The Morgan fingerprint density at radius 2 is 1.57 bits per heavy atom. The molecule has 0 saturated heterocycles. The maximum absolute atomic E-state index is 9.10. The van der Waals surface area contributed by atoms with Crippen LogP contribution in [0.5, 0.6) is 0 Å². The van der Waals surface area contributed by atoms with Crippen LogP contribution in [0.3, 0.4) is 0 Å². The number of nitrogens with zero attached hydrogens (tertiary/aromatic N) is 2. The van der Waals surface area contributed by atoms with Crippen molar-refractivity contribution in [3.8, 4) is 0 Å². The SMILES string of the molecule is CCCCCCOCC(Cn1ccnc1)OCCCCCC.O=C(O)C(=O)O. The molecule has 8 heteroatoms. The summed E-state index contributed by atoms with van der Waals surface area (Å²) in [6.45, 7) is 7.64. The van der Waals surface area contributed by atoms with Crippen molar-refractivity contribution in [2.75, 3.05) is 19.8 Å². The number of imidazole rings is 1. The van der Waals surface area contributed by atoms with Crippen LogP contribution < -0.4 is 0 Å². The molecule has 1 unspecified atom stereocenters. The summed E-state index contributed by atoms with van der Waals surface area (Å²) in [5.74, 6) is -3.65. The van der Waals surface area contributed by atoms with Crippen molar-refractivity contribution in [2.24, 2.45) is 0 Å². The van der Waals surface area contributed by atoms with Gasteiger partial charge < -0.3 is 24.3 Å². The standard InChI is InChI=1S/C18H34N2O2.C2H2O4/c1-3-5-7-9-13-21-16-18(15-20-12-11-19-17-20)22-14-10-8-6-4-2;3-1(4)2(5)6/h11-12,17-18H,3-10,13-16H2,1-2H3;(H,3,4)(H,5,6). The molecule has 1 atom stereocenters. The molecular formula is C20H36N2O6. The zero-order valence-corrected chi connectivity index (χ0v) is 17.2. The summed E-state index contributed by atoms with van der Waals surface area (Å²) in [5.41, 5.74) is 0. The lowest BCUT2D eigenvalue weighted by atomic mass is 10.2. The van der Waals surface area contributed by atoms with Gasteiger partial charge in [-0.1, -0.05) is 52.4 Å². The lowest BCUT2D eigenvalue weighted by Gasteiger charge is -2.18. The van der Waals surface area contributed by atoms with Gasteiger partial charge in [-0.2, -0.15) is 0 Å². The first-order chi connectivity index (χ1) is 13.5. The maximum Gasteiger partial charge on any atom is 0.414 e. The van der Waals surface area contributed by atoms with E-state index in [1.54, 1.807) is 0 Å². The van der Waals surface area contributed by atoms with E-state index >= 15 is 0 Å². The van der Waals surface area contributed by atoms with Crippen LogP contribution in [-0.4, -0.2) is 57.6 Å². The Morgan fingerprint density at radius 3 is 2.07 bits per heavy atom. The van der Waals surface area contributed by atoms with Crippen molar-refractivity contribution < 1.29 is 29.3 Å². The summed E-state index contributed by atoms with van der Waals surface area (Å²) in [6.07, 6.45) is 15.7. The molecule has 0 aliphatic carbocycles. The van der Waals surface area contributed by atoms with Gasteiger partial charge >= 0.3 is 11.9 Å². The highest BCUT2D eigenvalue weighted by Gasteiger charge is 2.10. The number of hydrogen-bond acceptors (Lipinski definition) is 5. The third-order valence-corrected chi connectivity index (χ3v) is 3.95. The van der Waals surface area contributed by atoms with Crippen LogP contribution in [0.1, 0.15) is 65.2 Å². The summed E-state index contributed by atoms with van der Waals surface area (Å²) in [5, 5.41) is 14.8. The first-order valence-electron chi connectivity index (χ1n) is 10.1. The molecule has 0 aromatic carbocycles. The molecular weight excluding hydrogens is 364 g/mol. The molecule has 162 valence electrons.